The van der Waals surface area contributed by atoms with Crippen LogP contribution < -0.4 is 5.32 Å². The number of amides is 1. The second-order valence-electron chi connectivity index (χ2n) is 6.13. The van der Waals surface area contributed by atoms with E-state index < -0.39 is 11.7 Å². The molecule has 0 spiro atoms. The summed E-state index contributed by atoms with van der Waals surface area (Å²) in [6, 6.07) is 25.8. The van der Waals surface area contributed by atoms with E-state index in [0.29, 0.717) is 5.13 Å². The molecule has 1 amide bonds. The Morgan fingerprint density at radius 1 is 0.821 bits per heavy atom. The SMILES string of the molecule is O=C(Nc1nnc(C(c2ccccc2)c2ccccc2)s1)c1ccccc1F. The first-order valence-corrected chi connectivity index (χ1v) is 9.53. The highest BCUT2D eigenvalue weighted by atomic mass is 32.1. The fraction of sp³-hybridized carbons (Fsp3) is 0.0455. The van der Waals surface area contributed by atoms with Gasteiger partial charge in [0.05, 0.1) is 11.5 Å². The van der Waals surface area contributed by atoms with Gasteiger partial charge in [0.25, 0.3) is 5.91 Å². The zero-order chi connectivity index (χ0) is 19.3. The van der Waals surface area contributed by atoms with Gasteiger partial charge < -0.3 is 0 Å². The summed E-state index contributed by atoms with van der Waals surface area (Å²) in [6.07, 6.45) is 0. The van der Waals surface area contributed by atoms with Gasteiger partial charge in [-0.15, -0.1) is 10.2 Å². The molecule has 1 aromatic heterocycles. The van der Waals surface area contributed by atoms with Gasteiger partial charge in [-0.2, -0.15) is 0 Å². The highest BCUT2D eigenvalue weighted by molar-refractivity contribution is 7.15. The minimum atomic E-state index is -0.573. The zero-order valence-corrected chi connectivity index (χ0v) is 15.6. The van der Waals surface area contributed by atoms with E-state index in [1.165, 1.54) is 23.5 Å². The molecule has 0 aliphatic heterocycles. The van der Waals surface area contributed by atoms with Crippen LogP contribution >= 0.6 is 11.3 Å². The Labute approximate surface area is 165 Å². The number of nitrogens with zero attached hydrogens (tertiary/aromatic N) is 2. The zero-order valence-electron chi connectivity index (χ0n) is 14.7. The van der Waals surface area contributed by atoms with E-state index in [0.717, 1.165) is 16.1 Å². The molecule has 0 saturated heterocycles. The van der Waals surface area contributed by atoms with E-state index in [-0.39, 0.29) is 11.5 Å². The third kappa shape index (κ3) is 3.82. The van der Waals surface area contributed by atoms with Crippen molar-refractivity contribution in [3.05, 3.63) is 112 Å². The van der Waals surface area contributed by atoms with E-state index in [1.54, 1.807) is 12.1 Å². The van der Waals surface area contributed by atoms with Crippen molar-refractivity contribution in [3.8, 4) is 0 Å². The lowest BCUT2D eigenvalue weighted by molar-refractivity contribution is 0.102. The summed E-state index contributed by atoms with van der Waals surface area (Å²) in [5, 5.41) is 12.1. The van der Waals surface area contributed by atoms with Gasteiger partial charge >= 0.3 is 0 Å². The second-order valence-corrected chi connectivity index (χ2v) is 7.14. The van der Waals surface area contributed by atoms with Crippen LogP contribution in [0.2, 0.25) is 0 Å². The van der Waals surface area contributed by atoms with E-state index in [9.17, 15) is 9.18 Å². The normalized spacial score (nSPS) is 10.8. The molecule has 0 aliphatic carbocycles. The van der Waals surface area contributed by atoms with Gasteiger partial charge in [-0.05, 0) is 23.3 Å². The van der Waals surface area contributed by atoms with Crippen LogP contribution in [0.4, 0.5) is 9.52 Å². The summed E-state index contributed by atoms with van der Waals surface area (Å²) < 4.78 is 13.8. The average Bonchev–Trinajstić information content (AvgIpc) is 3.18. The molecule has 0 aliphatic rings. The minimum absolute atomic E-state index is 0.0260. The Morgan fingerprint density at radius 3 is 2.00 bits per heavy atom. The molecule has 1 N–H and O–H groups in total. The Hall–Kier alpha value is -3.38. The number of carbonyl (C=O) groups is 1. The molecule has 6 heteroatoms. The minimum Gasteiger partial charge on any atom is -0.296 e. The molecule has 3 aromatic carbocycles. The monoisotopic (exact) mass is 389 g/mol. The molecule has 4 nitrogen and oxygen atoms in total. The molecular weight excluding hydrogens is 373 g/mol. The van der Waals surface area contributed by atoms with Crippen LogP contribution in [0, 0.1) is 5.82 Å². The molecule has 0 bridgehead atoms. The van der Waals surface area contributed by atoms with Crippen molar-refractivity contribution >= 4 is 22.4 Å². The number of hydrogen-bond acceptors (Lipinski definition) is 4. The van der Waals surface area contributed by atoms with Gasteiger partial charge in [0.15, 0.2) is 0 Å². The smallest absolute Gasteiger partial charge is 0.260 e. The topological polar surface area (TPSA) is 54.9 Å². The molecule has 0 atom stereocenters. The predicted molar refractivity (Wildman–Crippen MR) is 108 cm³/mol. The molecule has 1 heterocycles. The van der Waals surface area contributed by atoms with E-state index in [1.807, 2.05) is 60.7 Å². The number of benzene rings is 3. The maximum atomic E-state index is 13.8. The van der Waals surface area contributed by atoms with Gasteiger partial charge in [-0.25, -0.2) is 4.39 Å². The maximum absolute atomic E-state index is 13.8. The summed E-state index contributed by atoms with van der Waals surface area (Å²) in [5.41, 5.74) is 2.13. The predicted octanol–water partition coefficient (Wildman–Crippen LogP) is 5.11. The van der Waals surface area contributed by atoms with Crippen LogP contribution in [0.15, 0.2) is 84.9 Å². The third-order valence-electron chi connectivity index (χ3n) is 4.29. The number of halogens is 1. The molecule has 4 aromatic rings. The van der Waals surface area contributed by atoms with E-state index >= 15 is 0 Å². The summed E-state index contributed by atoms with van der Waals surface area (Å²) in [6.45, 7) is 0. The lowest BCUT2D eigenvalue weighted by Gasteiger charge is -2.14. The molecule has 0 unspecified atom stereocenters. The van der Waals surface area contributed by atoms with Crippen molar-refractivity contribution in [2.45, 2.75) is 5.92 Å². The molecule has 138 valence electrons. The number of aromatic nitrogens is 2. The lowest BCUT2D eigenvalue weighted by Crippen LogP contribution is -2.13. The molecule has 0 saturated carbocycles. The lowest BCUT2D eigenvalue weighted by atomic mass is 9.92. The highest BCUT2D eigenvalue weighted by Crippen LogP contribution is 2.34. The first kappa shape index (κ1) is 18.0. The Bertz CT molecular complexity index is 1040. The molecule has 4 rings (SSSR count). The van der Waals surface area contributed by atoms with Gasteiger partial charge in [-0.3, -0.25) is 10.1 Å². The fourth-order valence-corrected chi connectivity index (χ4v) is 3.88. The number of carbonyl (C=O) groups excluding carboxylic acids is 1. The van der Waals surface area contributed by atoms with Gasteiger partial charge in [0.1, 0.15) is 10.8 Å². The Balaban J connectivity index is 1.64. The summed E-state index contributed by atoms with van der Waals surface area (Å²) in [7, 11) is 0. The fourth-order valence-electron chi connectivity index (χ4n) is 2.98. The van der Waals surface area contributed by atoms with Crippen molar-refractivity contribution in [2.75, 3.05) is 5.32 Å². The number of nitrogens with one attached hydrogen (secondary N) is 1. The number of rotatable bonds is 5. The van der Waals surface area contributed by atoms with Gasteiger partial charge in [0.2, 0.25) is 5.13 Å². The van der Waals surface area contributed by atoms with Gasteiger partial charge in [-0.1, -0.05) is 84.1 Å². The van der Waals surface area contributed by atoms with E-state index in [2.05, 4.69) is 15.5 Å². The van der Waals surface area contributed by atoms with Crippen molar-refractivity contribution in [2.24, 2.45) is 0 Å². The average molecular weight is 389 g/mol. The maximum Gasteiger partial charge on any atom is 0.260 e. The van der Waals surface area contributed by atoms with Crippen LogP contribution in [-0.4, -0.2) is 16.1 Å². The molecule has 0 radical (unpaired) electrons. The largest absolute Gasteiger partial charge is 0.296 e. The number of hydrogen-bond donors (Lipinski definition) is 1. The van der Waals surface area contributed by atoms with Crippen molar-refractivity contribution in [1.82, 2.24) is 10.2 Å². The number of anilines is 1. The molecule has 28 heavy (non-hydrogen) atoms. The van der Waals surface area contributed by atoms with Crippen molar-refractivity contribution < 1.29 is 9.18 Å². The molecule has 0 fully saturated rings. The first-order valence-electron chi connectivity index (χ1n) is 8.71. The van der Waals surface area contributed by atoms with Crippen molar-refractivity contribution in [3.63, 3.8) is 0 Å². The standard InChI is InChI=1S/C22H16FN3OS/c23-18-14-8-7-13-17(18)20(27)24-22-26-25-21(28-22)19(15-9-3-1-4-10-15)16-11-5-2-6-12-16/h1-14,19H,(H,24,26,27). The summed E-state index contributed by atoms with van der Waals surface area (Å²) in [4.78, 5) is 12.3. The summed E-state index contributed by atoms with van der Waals surface area (Å²) in [5.74, 6) is -1.22. The van der Waals surface area contributed by atoms with Crippen LogP contribution in [0.1, 0.15) is 32.4 Å². The Kier molecular flexibility index (Phi) is 5.21. The second kappa shape index (κ2) is 8.10. The Morgan fingerprint density at radius 2 is 1.39 bits per heavy atom. The van der Waals surface area contributed by atoms with Gasteiger partial charge in [0, 0.05) is 0 Å². The van der Waals surface area contributed by atoms with Crippen LogP contribution in [-0.2, 0) is 0 Å². The first-order chi connectivity index (χ1) is 13.7. The quantitative estimate of drug-likeness (QED) is 0.516. The highest BCUT2D eigenvalue weighted by Gasteiger charge is 2.22. The van der Waals surface area contributed by atoms with Crippen molar-refractivity contribution in [1.29, 1.82) is 0 Å². The van der Waals surface area contributed by atoms with E-state index in [4.69, 9.17) is 0 Å². The summed E-state index contributed by atoms with van der Waals surface area (Å²) >= 11 is 1.28. The third-order valence-corrected chi connectivity index (χ3v) is 5.20. The molecular formula is C22H16FN3OS. The van der Waals surface area contributed by atoms with Crippen LogP contribution in [0.5, 0.6) is 0 Å². The van der Waals surface area contributed by atoms with Crippen LogP contribution in [0.25, 0.3) is 0 Å². The van der Waals surface area contributed by atoms with Crippen LogP contribution in [0.3, 0.4) is 0 Å².